The van der Waals surface area contributed by atoms with Gasteiger partial charge in [0.1, 0.15) is 5.60 Å². The lowest BCUT2D eigenvalue weighted by molar-refractivity contribution is -0.137. The van der Waals surface area contributed by atoms with Crippen molar-refractivity contribution in [1.82, 2.24) is 10.2 Å². The van der Waals surface area contributed by atoms with Crippen molar-refractivity contribution in [2.45, 2.75) is 71.1 Å². The maximum Gasteiger partial charge on any atom is 0.410 e. The summed E-state index contributed by atoms with van der Waals surface area (Å²) in [4.78, 5) is 24.4. The summed E-state index contributed by atoms with van der Waals surface area (Å²) in [6.07, 6.45) is 2.42. The number of hydrogen-bond acceptors (Lipinski definition) is 4. The van der Waals surface area contributed by atoms with Crippen molar-refractivity contribution in [1.29, 1.82) is 0 Å². The van der Waals surface area contributed by atoms with Gasteiger partial charge in [-0.2, -0.15) is 0 Å². The number of piperidine rings is 1. The molecule has 122 valence electrons. The first-order valence-electron chi connectivity index (χ1n) is 7.63. The Balaban J connectivity index is 2.41. The quantitative estimate of drug-likeness (QED) is 0.814. The zero-order valence-electron chi connectivity index (χ0n) is 13.5. The lowest BCUT2D eigenvalue weighted by Crippen LogP contribution is -2.51. The minimum Gasteiger partial charge on any atom is -0.481 e. The van der Waals surface area contributed by atoms with Crippen LogP contribution in [0.2, 0.25) is 0 Å². The average Bonchev–Trinajstić information content (AvgIpc) is 2.34. The van der Waals surface area contributed by atoms with Crippen molar-refractivity contribution in [3.05, 3.63) is 0 Å². The molecule has 2 unspecified atom stereocenters. The molecule has 0 aromatic rings. The van der Waals surface area contributed by atoms with Gasteiger partial charge < -0.3 is 20.1 Å². The highest BCUT2D eigenvalue weighted by Gasteiger charge is 2.28. The number of nitrogens with zero attached hydrogens (tertiary/aromatic N) is 1. The van der Waals surface area contributed by atoms with Crippen LogP contribution in [0.3, 0.4) is 0 Å². The topological polar surface area (TPSA) is 78.9 Å². The standard InChI is InChI=1S/C15H28N2O4/c1-11(7-8-13(18)19)16-12-6-5-9-17(10-12)14(20)21-15(2,3)4/h11-12,16H,5-10H2,1-4H3,(H,18,19). The molecule has 21 heavy (non-hydrogen) atoms. The Morgan fingerprint density at radius 2 is 2.10 bits per heavy atom. The number of ether oxygens (including phenoxy) is 1. The molecule has 0 aromatic heterocycles. The Hall–Kier alpha value is -1.30. The third-order valence-corrected chi connectivity index (χ3v) is 3.38. The molecule has 6 nitrogen and oxygen atoms in total. The fraction of sp³-hybridized carbons (Fsp3) is 0.867. The lowest BCUT2D eigenvalue weighted by atomic mass is 10.0. The molecule has 0 radical (unpaired) electrons. The van der Waals surface area contributed by atoms with Gasteiger partial charge in [-0.1, -0.05) is 0 Å². The number of carbonyl (C=O) groups excluding carboxylic acids is 1. The number of carboxylic acids is 1. The van der Waals surface area contributed by atoms with E-state index in [0.717, 1.165) is 19.4 Å². The normalized spacial score (nSPS) is 21.0. The van der Waals surface area contributed by atoms with Gasteiger partial charge in [-0.15, -0.1) is 0 Å². The van der Waals surface area contributed by atoms with E-state index in [1.54, 1.807) is 4.90 Å². The van der Waals surface area contributed by atoms with Gasteiger partial charge in [-0.3, -0.25) is 4.79 Å². The fourth-order valence-corrected chi connectivity index (χ4v) is 2.43. The van der Waals surface area contributed by atoms with Crippen LogP contribution in [0.4, 0.5) is 4.79 Å². The Morgan fingerprint density at radius 1 is 1.43 bits per heavy atom. The Labute approximate surface area is 126 Å². The van der Waals surface area contributed by atoms with Crippen molar-refractivity contribution in [3.8, 4) is 0 Å². The monoisotopic (exact) mass is 300 g/mol. The van der Waals surface area contributed by atoms with Crippen LogP contribution in [0.5, 0.6) is 0 Å². The van der Waals surface area contributed by atoms with Crippen LogP contribution < -0.4 is 5.32 Å². The van der Waals surface area contributed by atoms with Gasteiger partial charge in [0.05, 0.1) is 0 Å². The van der Waals surface area contributed by atoms with Gasteiger partial charge >= 0.3 is 12.1 Å². The Morgan fingerprint density at radius 3 is 2.67 bits per heavy atom. The molecule has 0 bridgehead atoms. The number of hydrogen-bond donors (Lipinski definition) is 2. The molecule has 1 aliphatic heterocycles. The zero-order valence-corrected chi connectivity index (χ0v) is 13.5. The van der Waals surface area contributed by atoms with Crippen LogP contribution in [0.15, 0.2) is 0 Å². The molecular formula is C15H28N2O4. The highest BCUT2D eigenvalue weighted by atomic mass is 16.6. The second-order valence-corrected chi connectivity index (χ2v) is 6.77. The third kappa shape index (κ3) is 7.32. The first-order valence-corrected chi connectivity index (χ1v) is 7.63. The predicted molar refractivity (Wildman–Crippen MR) is 80.3 cm³/mol. The Kier molecular flexibility index (Phi) is 6.45. The number of nitrogens with one attached hydrogen (secondary N) is 1. The number of amides is 1. The predicted octanol–water partition coefficient (Wildman–Crippen LogP) is 2.23. The maximum atomic E-state index is 12.1. The molecular weight excluding hydrogens is 272 g/mol. The van der Waals surface area contributed by atoms with E-state index in [9.17, 15) is 9.59 Å². The second kappa shape index (κ2) is 7.64. The third-order valence-electron chi connectivity index (χ3n) is 3.38. The van der Waals surface area contributed by atoms with Gasteiger partial charge in [0.15, 0.2) is 0 Å². The van der Waals surface area contributed by atoms with E-state index in [2.05, 4.69) is 5.32 Å². The number of likely N-dealkylation sites (tertiary alicyclic amines) is 1. The summed E-state index contributed by atoms with van der Waals surface area (Å²) in [5, 5.41) is 12.1. The number of carboxylic acid groups (broad SMARTS) is 1. The average molecular weight is 300 g/mol. The van der Waals surface area contributed by atoms with Crippen LogP contribution in [-0.2, 0) is 9.53 Å². The molecule has 1 amide bonds. The first-order chi connectivity index (χ1) is 9.67. The molecule has 2 N–H and O–H groups in total. The smallest absolute Gasteiger partial charge is 0.410 e. The number of aliphatic carboxylic acids is 1. The van der Waals surface area contributed by atoms with Crippen LogP contribution in [-0.4, -0.2) is 52.8 Å². The summed E-state index contributed by atoms with van der Waals surface area (Å²) in [5.41, 5.74) is -0.480. The minimum absolute atomic E-state index is 0.129. The summed E-state index contributed by atoms with van der Waals surface area (Å²) < 4.78 is 5.39. The number of carbonyl (C=O) groups is 2. The summed E-state index contributed by atoms with van der Waals surface area (Å²) in [6, 6.07) is 0.333. The van der Waals surface area contributed by atoms with Crippen LogP contribution >= 0.6 is 0 Å². The summed E-state index contributed by atoms with van der Waals surface area (Å²) in [6.45, 7) is 8.90. The van der Waals surface area contributed by atoms with E-state index >= 15 is 0 Å². The van der Waals surface area contributed by atoms with Crippen molar-refractivity contribution in [2.24, 2.45) is 0 Å². The van der Waals surface area contributed by atoms with Gasteiger partial charge in [-0.25, -0.2) is 4.79 Å². The number of rotatable bonds is 5. The molecule has 2 atom stereocenters. The summed E-state index contributed by atoms with van der Waals surface area (Å²) in [5.74, 6) is -0.775. The zero-order chi connectivity index (χ0) is 16.0. The highest BCUT2D eigenvalue weighted by Crippen LogP contribution is 2.16. The van der Waals surface area contributed by atoms with Gasteiger partial charge in [-0.05, 0) is 47.0 Å². The van der Waals surface area contributed by atoms with Crippen molar-refractivity contribution in [2.75, 3.05) is 13.1 Å². The van der Waals surface area contributed by atoms with Crippen LogP contribution in [0, 0.1) is 0 Å². The highest BCUT2D eigenvalue weighted by molar-refractivity contribution is 5.68. The largest absolute Gasteiger partial charge is 0.481 e. The molecule has 1 saturated heterocycles. The van der Waals surface area contributed by atoms with Crippen molar-refractivity contribution >= 4 is 12.1 Å². The fourth-order valence-electron chi connectivity index (χ4n) is 2.43. The van der Waals surface area contributed by atoms with Gasteiger partial charge in [0, 0.05) is 31.6 Å². The summed E-state index contributed by atoms with van der Waals surface area (Å²) >= 11 is 0. The lowest BCUT2D eigenvalue weighted by Gasteiger charge is -2.35. The van der Waals surface area contributed by atoms with Crippen molar-refractivity contribution in [3.63, 3.8) is 0 Å². The molecule has 0 spiro atoms. The SMILES string of the molecule is CC(CCC(=O)O)NC1CCCN(C(=O)OC(C)(C)C)C1. The van der Waals surface area contributed by atoms with Crippen molar-refractivity contribution < 1.29 is 19.4 Å². The van der Waals surface area contributed by atoms with E-state index in [1.807, 2.05) is 27.7 Å². The molecule has 1 rings (SSSR count). The Bertz CT molecular complexity index is 365. The van der Waals surface area contributed by atoms with E-state index in [0.29, 0.717) is 13.0 Å². The first kappa shape index (κ1) is 17.8. The van der Waals surface area contributed by atoms with E-state index in [1.165, 1.54) is 0 Å². The molecule has 0 aliphatic carbocycles. The minimum atomic E-state index is -0.775. The van der Waals surface area contributed by atoms with Gasteiger partial charge in [0.2, 0.25) is 0 Å². The van der Waals surface area contributed by atoms with E-state index in [4.69, 9.17) is 9.84 Å². The molecule has 1 heterocycles. The molecule has 0 aromatic carbocycles. The maximum absolute atomic E-state index is 12.1. The molecule has 1 fully saturated rings. The van der Waals surface area contributed by atoms with Crippen LogP contribution in [0.1, 0.15) is 53.4 Å². The second-order valence-electron chi connectivity index (χ2n) is 6.77. The van der Waals surface area contributed by atoms with E-state index in [-0.39, 0.29) is 24.6 Å². The molecule has 6 heteroatoms. The van der Waals surface area contributed by atoms with Crippen LogP contribution in [0.25, 0.3) is 0 Å². The summed E-state index contributed by atoms with van der Waals surface area (Å²) in [7, 11) is 0. The van der Waals surface area contributed by atoms with Gasteiger partial charge in [0.25, 0.3) is 0 Å². The van der Waals surface area contributed by atoms with E-state index < -0.39 is 11.6 Å². The molecule has 0 saturated carbocycles. The molecule has 1 aliphatic rings.